The van der Waals surface area contributed by atoms with E-state index in [9.17, 15) is 62.3 Å². The molecule has 8 aliphatic rings. The number of esters is 4. The molecule has 6 amide bonds. The van der Waals surface area contributed by atoms with Gasteiger partial charge in [-0.05, 0) is 184 Å². The van der Waals surface area contributed by atoms with E-state index in [4.69, 9.17) is 38.0 Å². The summed E-state index contributed by atoms with van der Waals surface area (Å²) < 4.78 is 13.3. The Labute approximate surface area is 807 Å². The molecule has 0 bridgehead atoms. The quantitative estimate of drug-likeness (QED) is 0.0163. The van der Waals surface area contributed by atoms with Gasteiger partial charge in [-0.15, -0.1) is 0 Å². The first-order chi connectivity index (χ1) is 56.5. The molecule has 0 unspecified atom stereocenters. The minimum atomic E-state index is -0.962. The monoisotopic (exact) mass is 1800 g/mol. The van der Waals surface area contributed by atoms with Crippen molar-refractivity contribution in [3.63, 3.8) is 0 Å². The van der Waals surface area contributed by atoms with Gasteiger partial charge in [-0.3, -0.25) is 81.9 Å². The molecule has 26 nitrogen and oxygen atoms in total. The molecule has 8 aliphatic heterocycles. The number of rotatable bonds is 15. The number of nitrogen functional groups attached to an aromatic ring is 2. The topological polar surface area (TPSA) is 362 Å². The van der Waals surface area contributed by atoms with Crippen molar-refractivity contribution in [2.45, 2.75) is 261 Å². The van der Waals surface area contributed by atoms with Crippen molar-refractivity contribution in [2.24, 2.45) is 43.3 Å². The predicted molar refractivity (Wildman–Crippen MR) is 509 cm³/mol. The number of ether oxygens (including phenoxy) is 3. The first-order valence-corrected chi connectivity index (χ1v) is 42.1. The van der Waals surface area contributed by atoms with Gasteiger partial charge < -0.3 is 48.5 Å². The van der Waals surface area contributed by atoms with Gasteiger partial charge in [0, 0.05) is 144 Å². The van der Waals surface area contributed by atoms with E-state index in [0.29, 0.717) is 80.0 Å². The van der Waals surface area contributed by atoms with E-state index < -0.39 is 41.2 Å². The van der Waals surface area contributed by atoms with Crippen molar-refractivity contribution < 1.29 is 127 Å². The molecule has 0 aromatic heterocycles. The van der Waals surface area contributed by atoms with Crippen LogP contribution in [-0.2, 0) is 76.5 Å². The van der Waals surface area contributed by atoms with E-state index in [1.165, 1.54) is 73.5 Å². The number of carbonyl (C=O) groups excluding carboxylic acids is 11. The number of aliphatic carboxylic acids is 2. The minimum absolute atomic E-state index is 0. The Morgan fingerprint density at radius 1 is 0.441 bits per heavy atom. The molecular weight excluding hydrogens is 1660 g/mol. The Kier molecular flexibility index (Phi) is 52.3. The van der Waals surface area contributed by atoms with Crippen LogP contribution in [0.1, 0.15) is 264 Å². The fourth-order valence-corrected chi connectivity index (χ4v) is 13.6. The van der Waals surface area contributed by atoms with Crippen molar-refractivity contribution in [1.82, 2.24) is 0 Å². The molecule has 4 saturated heterocycles. The molecule has 4 aromatic rings. The van der Waals surface area contributed by atoms with E-state index >= 15 is 0 Å². The molecule has 0 aliphatic carbocycles. The third-order valence-electron chi connectivity index (χ3n) is 20.3. The Bertz CT molecular complexity index is 4130. The Hall–Kier alpha value is -8.34. The number of carbonyl (C=O) groups is 13. The maximum absolute atomic E-state index is 12.4. The third kappa shape index (κ3) is 46.2. The number of carboxylic acid groups (broad SMARTS) is 2. The number of benzene rings is 4. The minimum Gasteiger partial charge on any atom is -1.00 e. The summed E-state index contributed by atoms with van der Waals surface area (Å²) in [6, 6.07) is 30.1. The molecule has 0 radical (unpaired) electrons. The summed E-state index contributed by atoms with van der Waals surface area (Å²) in [7, 11) is 0. The number of carboxylic acids is 2. The van der Waals surface area contributed by atoms with Crippen LogP contribution in [0.15, 0.2) is 146 Å². The molecule has 31 heteroatoms. The van der Waals surface area contributed by atoms with Gasteiger partial charge in [-0.2, -0.15) is 0 Å². The van der Waals surface area contributed by atoms with Crippen LogP contribution in [0.3, 0.4) is 0 Å². The molecule has 12 rings (SSSR count). The number of cyclic esters (lactones) is 2. The van der Waals surface area contributed by atoms with Gasteiger partial charge in [0.15, 0.2) is 34.7 Å². The van der Waals surface area contributed by atoms with Crippen molar-refractivity contribution in [1.29, 1.82) is 0 Å². The van der Waals surface area contributed by atoms with E-state index in [-0.39, 0.29) is 163 Å². The number of nitrogens with zero attached hydrogens (tertiary/aromatic N) is 6. The summed E-state index contributed by atoms with van der Waals surface area (Å²) in [4.78, 5) is 156. The number of amides is 6. The predicted octanol–water partition coefficient (Wildman–Crippen LogP) is 11.3. The van der Waals surface area contributed by atoms with Crippen LogP contribution in [0, 0.1) is 43.3 Å². The van der Waals surface area contributed by atoms with Gasteiger partial charge in [-0.1, -0.05) is 169 Å². The standard InChI is InChI=1S/C20H24N2O4.C20H24N2O2.C20H28N2.C7H13ClO.C7H12O4.C7H10O3.C6H8N2.C4H6O3.C4H8O.CH4.2Al.2Li.8H/c1-19(2)9-15(23)21(16(24)10-19)13-5-7-14(8-6-13)22-17(25)11-20(3,4)12-18(22)26;1-19(2)9-11-21(17(23)13-19)15-5-7-16(8-6-15)22-12-10-20(3,4)14-18(22)24;1-19(2)9-13-21(14-10-19)17-5-7-18(8-6-17)22-15-11-20(3,4)12-16-22;1-2-3-4-5-6-7(8)9;1-7(2,3-5(8)9)4-6(10)11;1-7(2)3-5(8)10-6(9)4-7;7-5-1-2-6(8)4-3-5;1-3(5)7-4(2)6;1-2-4-5-3-1;;;;;;;;;;;;;/h5-8H,9-12H2,1-4H3;5-12H,13-14H2,1-4H3;5-9,11,13,15H,10,12,14,16H2,1-4H3;2-6H2,1H3;3-4H2,1-2H3,(H,8,9)(H,10,11);3-4H2,1-2H3;1-4H,7-8H2;1-2H3;1-4H2;1H4;;;;;;;;;;;;/q;;;;;;;;;;;;2*+1;;;;;;;2*-1. The SMILES string of the molecule is C.C1CCOC1.CC(=O)OC(C)=O.CC(C)(CC(=O)O)CC(=O)O.CC1(C)C=CN(c2ccc(N3C=CC(C)(C)CC3)cc2)CC1.CC1(C)C=CN(c2ccc(N3C=CC(C)(C)CC3=O)cc2)C(=O)C1.CC1(C)CC(=O)N(c2ccc(N3C(=O)CC(C)(C)CC3=O)cc2)C(=O)C1.CC1(C)CC(=O)OC(=O)C1.CCCCCCC(=O)Cl.Nc1ccc(N)cc1.[AlH3].[AlH3].[H-].[H-].[Li+].[Li+]. The normalized spacial score (nSPS) is 18.3. The number of allylic oxidation sites excluding steroid dienone is 4. The first kappa shape index (κ1) is 121. The summed E-state index contributed by atoms with van der Waals surface area (Å²) in [6.45, 7) is 40.7. The molecule has 0 spiro atoms. The van der Waals surface area contributed by atoms with Crippen LogP contribution in [0.5, 0.6) is 0 Å². The summed E-state index contributed by atoms with van der Waals surface area (Å²) in [6.07, 6.45) is 29.6. The number of nitrogens with two attached hydrogens (primary N) is 2. The fourth-order valence-electron chi connectivity index (χ4n) is 13.5. The number of imide groups is 2. The summed E-state index contributed by atoms with van der Waals surface area (Å²) in [5.74, 6) is -4.60. The average Bonchev–Trinajstić information content (AvgIpc) is 1.05. The smallest absolute Gasteiger partial charge is 1.00 e. The van der Waals surface area contributed by atoms with E-state index in [2.05, 4.69) is 143 Å². The van der Waals surface area contributed by atoms with Gasteiger partial charge in [0.05, 0.1) is 37.1 Å². The number of anilines is 8. The van der Waals surface area contributed by atoms with E-state index in [1.54, 1.807) is 72.2 Å². The van der Waals surface area contributed by atoms with E-state index in [1.807, 2.05) is 78.2 Å². The number of hydrogen-bond donors (Lipinski definition) is 4. The first-order valence-electron chi connectivity index (χ1n) is 41.7. The fraction of sp³-hybridized carbons (Fsp3) is 0.531. The van der Waals surface area contributed by atoms with Crippen LogP contribution >= 0.6 is 11.6 Å². The maximum Gasteiger partial charge on any atom is 1.00 e. The van der Waals surface area contributed by atoms with Gasteiger partial charge in [0.2, 0.25) is 40.7 Å². The van der Waals surface area contributed by atoms with Gasteiger partial charge >= 0.3 is 73.5 Å². The van der Waals surface area contributed by atoms with Crippen LogP contribution in [0.25, 0.3) is 0 Å². The molecule has 4 fully saturated rings. The number of hydrogen-bond acceptors (Lipinski definition) is 20. The average molecular weight is 1800 g/mol. The maximum atomic E-state index is 12.4. The largest absolute Gasteiger partial charge is 1.00 e. The van der Waals surface area contributed by atoms with Gasteiger partial charge in [-0.25, -0.2) is 0 Å². The second-order valence-electron chi connectivity index (χ2n) is 37.7. The zero-order valence-electron chi connectivity index (χ0n) is 79.3. The molecule has 127 heavy (non-hydrogen) atoms. The Morgan fingerprint density at radius 2 is 0.740 bits per heavy atom. The zero-order chi connectivity index (χ0) is 91.9. The summed E-state index contributed by atoms with van der Waals surface area (Å²) in [5, 5.41) is 16.5. The Morgan fingerprint density at radius 3 is 0.984 bits per heavy atom. The third-order valence-corrected chi connectivity index (χ3v) is 20.5. The number of halogens is 1. The number of piperidine rings is 2. The second-order valence-corrected chi connectivity index (χ2v) is 38.1. The second kappa shape index (κ2) is 55.0. The summed E-state index contributed by atoms with van der Waals surface area (Å²) in [5.41, 5.74) is 16.4. The Balaban J connectivity index is -0.000000709. The summed E-state index contributed by atoms with van der Waals surface area (Å²) >= 11 is 5.12. The molecule has 0 saturated carbocycles. The van der Waals surface area contributed by atoms with Gasteiger partial charge in [0.25, 0.3) is 0 Å². The van der Waals surface area contributed by atoms with Crippen LogP contribution in [-0.4, -0.2) is 148 Å². The van der Waals surface area contributed by atoms with Crippen molar-refractivity contribution in [2.75, 3.05) is 67.2 Å². The zero-order valence-corrected chi connectivity index (χ0v) is 78.0. The van der Waals surface area contributed by atoms with E-state index in [0.717, 1.165) is 61.9 Å². The van der Waals surface area contributed by atoms with Crippen LogP contribution in [0.4, 0.5) is 45.5 Å². The van der Waals surface area contributed by atoms with Crippen LogP contribution in [0.2, 0.25) is 0 Å². The molecule has 6 N–H and O–H groups in total. The molecule has 8 heterocycles. The van der Waals surface area contributed by atoms with Crippen molar-refractivity contribution in [3.8, 4) is 0 Å². The van der Waals surface area contributed by atoms with Crippen molar-refractivity contribution >= 4 is 168 Å². The van der Waals surface area contributed by atoms with Crippen molar-refractivity contribution in [3.05, 3.63) is 146 Å². The number of unbranched alkanes of at least 4 members (excludes halogenated alkanes) is 3. The van der Waals surface area contributed by atoms with Gasteiger partial charge in [0.1, 0.15) is 0 Å². The molecule has 0 atom stereocenters. The molecule has 4 aromatic carbocycles. The molecule has 692 valence electrons. The van der Waals surface area contributed by atoms with Crippen LogP contribution < -0.4 is 78.6 Å². The molecular formula is C96H145Al2ClLi2N8O18.